The lowest BCUT2D eigenvalue weighted by atomic mass is 9.97. The Bertz CT molecular complexity index is 1510. The van der Waals surface area contributed by atoms with E-state index in [4.69, 9.17) is 22.0 Å². The SMILES string of the molecule is N=C(N)NCCCC(NC(=O)C(Cc1ccc2ccccc2c1)NC(=O)C1CCCCN1C(=O)C(CCC(=O)O)NC(=O)CF)C(N)=O. The molecule has 1 heterocycles. The summed E-state index contributed by atoms with van der Waals surface area (Å²) in [5, 5.41) is 28.5. The second-order valence-electron chi connectivity index (χ2n) is 11.6. The van der Waals surface area contributed by atoms with E-state index in [1.165, 1.54) is 4.90 Å². The first kappa shape index (κ1) is 37.2. The number of carboxylic acid groups (broad SMARTS) is 1. The third kappa shape index (κ3) is 11.2. The van der Waals surface area contributed by atoms with E-state index in [0.717, 1.165) is 10.8 Å². The fourth-order valence-corrected chi connectivity index (χ4v) is 5.59. The maximum absolute atomic E-state index is 13.8. The zero-order valence-electron chi connectivity index (χ0n) is 26.5. The van der Waals surface area contributed by atoms with Gasteiger partial charge in [0.1, 0.15) is 24.2 Å². The van der Waals surface area contributed by atoms with Gasteiger partial charge in [-0.05, 0) is 54.9 Å². The van der Waals surface area contributed by atoms with Crippen LogP contribution in [0.1, 0.15) is 50.5 Å². The minimum Gasteiger partial charge on any atom is -0.481 e. The van der Waals surface area contributed by atoms with Gasteiger partial charge in [0.05, 0.1) is 0 Å². The van der Waals surface area contributed by atoms with Gasteiger partial charge in [-0.1, -0.05) is 42.5 Å². The van der Waals surface area contributed by atoms with Crippen LogP contribution >= 0.6 is 0 Å². The second kappa shape index (κ2) is 18.2. The van der Waals surface area contributed by atoms with Gasteiger partial charge in [-0.25, -0.2) is 4.39 Å². The van der Waals surface area contributed by atoms with Gasteiger partial charge >= 0.3 is 5.97 Å². The maximum Gasteiger partial charge on any atom is 0.303 e. The van der Waals surface area contributed by atoms with Gasteiger partial charge in [0.25, 0.3) is 5.91 Å². The van der Waals surface area contributed by atoms with Gasteiger partial charge in [-0.2, -0.15) is 0 Å². The Kier molecular flexibility index (Phi) is 14.1. The summed E-state index contributed by atoms with van der Waals surface area (Å²) < 4.78 is 13.0. The highest BCUT2D eigenvalue weighted by Gasteiger charge is 2.38. The summed E-state index contributed by atoms with van der Waals surface area (Å²) >= 11 is 0. The van der Waals surface area contributed by atoms with Gasteiger partial charge in [0.15, 0.2) is 12.6 Å². The van der Waals surface area contributed by atoms with Crippen molar-refractivity contribution >= 4 is 52.2 Å². The molecule has 0 radical (unpaired) electrons. The molecule has 3 rings (SSSR count). The molecule has 4 unspecified atom stereocenters. The molecule has 48 heavy (non-hydrogen) atoms. The molecule has 1 fully saturated rings. The first-order chi connectivity index (χ1) is 22.9. The van der Waals surface area contributed by atoms with Gasteiger partial charge in [0, 0.05) is 25.9 Å². The standard InChI is InChI=1S/C32H43FN8O7/c33-18-26(42)38-23(12-13-27(43)44)31(48)41-15-4-3-9-25(41)30(47)40-24(17-19-10-11-20-6-1-2-7-21(20)16-19)29(46)39-22(28(34)45)8-5-14-37-32(35)36/h1-2,6-7,10-11,16,22-25H,3-5,8-9,12-15,17-18H2,(H2,34,45)(H,38,42)(H,39,46)(H,40,47)(H,43,44)(H4,35,36,37). The molecule has 0 bridgehead atoms. The van der Waals surface area contributed by atoms with Gasteiger partial charge in [-0.3, -0.25) is 34.2 Å². The summed E-state index contributed by atoms with van der Waals surface area (Å²) in [6, 6.07) is 8.40. The Hall–Kier alpha value is -5.28. The Balaban J connectivity index is 1.85. The molecule has 0 saturated carbocycles. The third-order valence-electron chi connectivity index (χ3n) is 8.02. The van der Waals surface area contributed by atoms with Crippen LogP contribution in [0.4, 0.5) is 4.39 Å². The van der Waals surface area contributed by atoms with E-state index >= 15 is 0 Å². The lowest BCUT2D eigenvalue weighted by Crippen LogP contribution is -2.60. The Morgan fingerprint density at radius 2 is 1.67 bits per heavy atom. The summed E-state index contributed by atoms with van der Waals surface area (Å²) in [4.78, 5) is 77.6. The summed E-state index contributed by atoms with van der Waals surface area (Å²) in [6.07, 6.45) is 1.02. The van der Waals surface area contributed by atoms with Crippen molar-refractivity contribution in [3.05, 3.63) is 48.0 Å². The zero-order valence-corrected chi connectivity index (χ0v) is 26.5. The number of fused-ring (bicyclic) bond motifs is 1. The van der Waals surface area contributed by atoms with Crippen molar-refractivity contribution in [2.75, 3.05) is 19.8 Å². The highest BCUT2D eigenvalue weighted by Crippen LogP contribution is 2.21. The molecule has 16 heteroatoms. The quantitative estimate of drug-likeness (QED) is 0.0630. The van der Waals surface area contributed by atoms with E-state index in [0.29, 0.717) is 24.8 Å². The number of alkyl halides is 1. The minimum atomic E-state index is -1.41. The number of aliphatic carboxylic acids is 1. The van der Waals surface area contributed by atoms with E-state index < -0.39 is 72.8 Å². The Morgan fingerprint density at radius 3 is 2.33 bits per heavy atom. The van der Waals surface area contributed by atoms with Crippen molar-refractivity contribution < 1.29 is 38.3 Å². The molecule has 0 aromatic heterocycles. The monoisotopic (exact) mass is 670 g/mol. The molecular formula is C32H43FN8O7. The Morgan fingerprint density at radius 1 is 0.938 bits per heavy atom. The number of carbonyl (C=O) groups is 6. The topological polar surface area (TPSA) is 250 Å². The van der Waals surface area contributed by atoms with E-state index in [-0.39, 0.29) is 44.7 Å². The number of amides is 5. The maximum atomic E-state index is 13.8. The van der Waals surface area contributed by atoms with Crippen LogP contribution in [-0.2, 0) is 35.2 Å². The van der Waals surface area contributed by atoms with E-state index in [9.17, 15) is 33.2 Å². The van der Waals surface area contributed by atoms with Gasteiger partial charge < -0.3 is 42.7 Å². The number of carboxylic acids is 1. The Labute approximate surface area is 276 Å². The molecule has 0 aliphatic carbocycles. The number of piperidine rings is 1. The van der Waals surface area contributed by atoms with Gasteiger partial charge in [-0.15, -0.1) is 0 Å². The number of nitrogens with zero attached hydrogens (tertiary/aromatic N) is 1. The first-order valence-corrected chi connectivity index (χ1v) is 15.7. The van der Waals surface area contributed by atoms with E-state index in [2.05, 4.69) is 21.3 Å². The van der Waals surface area contributed by atoms with E-state index in [1.54, 1.807) is 0 Å². The van der Waals surface area contributed by atoms with Crippen LogP contribution in [0.25, 0.3) is 10.8 Å². The van der Waals surface area contributed by atoms with Crippen LogP contribution in [0, 0.1) is 5.41 Å². The van der Waals surface area contributed by atoms with Crippen LogP contribution in [0.2, 0.25) is 0 Å². The molecule has 5 amide bonds. The molecule has 1 aliphatic rings. The number of halogens is 1. The van der Waals surface area contributed by atoms with Crippen molar-refractivity contribution in [1.82, 2.24) is 26.2 Å². The molecular weight excluding hydrogens is 627 g/mol. The predicted molar refractivity (Wildman–Crippen MR) is 174 cm³/mol. The van der Waals surface area contributed by atoms with Crippen molar-refractivity contribution in [2.45, 2.75) is 75.5 Å². The zero-order chi connectivity index (χ0) is 35.2. The van der Waals surface area contributed by atoms with Crippen molar-refractivity contribution in [3.63, 3.8) is 0 Å². The molecule has 2 aromatic carbocycles. The number of likely N-dealkylation sites (tertiary alicyclic amines) is 1. The molecule has 4 atom stereocenters. The highest BCUT2D eigenvalue weighted by molar-refractivity contribution is 5.96. The highest BCUT2D eigenvalue weighted by atomic mass is 19.1. The summed E-state index contributed by atoms with van der Waals surface area (Å²) in [6.45, 7) is -1.03. The fraction of sp³-hybridized carbons (Fsp3) is 0.469. The smallest absolute Gasteiger partial charge is 0.303 e. The van der Waals surface area contributed by atoms with Crippen LogP contribution in [0.15, 0.2) is 42.5 Å². The molecule has 1 aliphatic heterocycles. The molecule has 260 valence electrons. The number of carbonyl (C=O) groups excluding carboxylic acids is 5. The molecule has 0 spiro atoms. The van der Waals surface area contributed by atoms with Crippen LogP contribution in [0.3, 0.4) is 0 Å². The predicted octanol–water partition coefficient (Wildman–Crippen LogP) is -0.199. The number of rotatable bonds is 17. The number of guanidine groups is 1. The average molecular weight is 671 g/mol. The molecule has 10 N–H and O–H groups in total. The number of primary amides is 1. The number of nitrogens with one attached hydrogen (secondary N) is 5. The molecule has 2 aromatic rings. The average Bonchev–Trinajstić information content (AvgIpc) is 3.06. The van der Waals surface area contributed by atoms with Crippen molar-refractivity contribution in [3.8, 4) is 0 Å². The summed E-state index contributed by atoms with van der Waals surface area (Å²) in [5.74, 6) is -5.45. The lowest BCUT2D eigenvalue weighted by molar-refractivity contribution is -0.146. The van der Waals surface area contributed by atoms with Gasteiger partial charge in [0.2, 0.25) is 23.6 Å². The number of nitrogens with two attached hydrogens (primary N) is 2. The van der Waals surface area contributed by atoms with Crippen molar-refractivity contribution in [1.29, 1.82) is 5.41 Å². The number of hydrogen-bond donors (Lipinski definition) is 8. The van der Waals surface area contributed by atoms with Crippen LogP contribution in [0.5, 0.6) is 0 Å². The summed E-state index contributed by atoms with van der Waals surface area (Å²) in [7, 11) is 0. The number of hydrogen-bond acceptors (Lipinski definition) is 7. The third-order valence-corrected chi connectivity index (χ3v) is 8.02. The fourth-order valence-electron chi connectivity index (χ4n) is 5.59. The molecule has 1 saturated heterocycles. The summed E-state index contributed by atoms with van der Waals surface area (Å²) in [5.41, 5.74) is 11.6. The lowest BCUT2D eigenvalue weighted by Gasteiger charge is -2.37. The molecule has 15 nitrogen and oxygen atoms in total. The van der Waals surface area contributed by atoms with Crippen molar-refractivity contribution in [2.24, 2.45) is 11.5 Å². The minimum absolute atomic E-state index is 0.0221. The van der Waals surface area contributed by atoms with Crippen LogP contribution in [-0.4, -0.2) is 95.4 Å². The largest absolute Gasteiger partial charge is 0.481 e. The van der Waals surface area contributed by atoms with Crippen LogP contribution < -0.4 is 32.7 Å². The first-order valence-electron chi connectivity index (χ1n) is 15.7. The number of benzene rings is 2. The normalized spacial score (nSPS) is 16.2. The van der Waals surface area contributed by atoms with E-state index in [1.807, 2.05) is 42.5 Å². The second-order valence-corrected chi connectivity index (χ2v) is 11.6.